The zero-order valence-electron chi connectivity index (χ0n) is 17.3. The number of carbonyl (C=O) groups excluding carboxylic acids is 1. The van der Waals surface area contributed by atoms with Gasteiger partial charge in [0, 0.05) is 29.8 Å². The molecule has 0 saturated heterocycles. The summed E-state index contributed by atoms with van der Waals surface area (Å²) in [5, 5.41) is 5.84. The number of carbonyl (C=O) groups is 1. The molecule has 0 radical (unpaired) electrons. The van der Waals surface area contributed by atoms with Crippen LogP contribution in [0.25, 0.3) is 10.8 Å². The van der Waals surface area contributed by atoms with E-state index in [-0.39, 0.29) is 5.91 Å². The van der Waals surface area contributed by atoms with E-state index in [0.29, 0.717) is 12.1 Å². The lowest BCUT2D eigenvalue weighted by atomic mass is 10.1. The zero-order chi connectivity index (χ0) is 21.6. The van der Waals surface area contributed by atoms with E-state index in [0.717, 1.165) is 40.1 Å². The van der Waals surface area contributed by atoms with Crippen LogP contribution in [-0.2, 0) is 13.0 Å². The van der Waals surface area contributed by atoms with Gasteiger partial charge in [-0.05, 0) is 53.1 Å². The van der Waals surface area contributed by atoms with Crippen molar-refractivity contribution in [3.8, 4) is 5.75 Å². The predicted octanol–water partition coefficient (Wildman–Crippen LogP) is 4.81. The van der Waals surface area contributed by atoms with E-state index in [1.54, 1.807) is 7.11 Å². The van der Waals surface area contributed by atoms with Gasteiger partial charge in [0.1, 0.15) is 5.75 Å². The van der Waals surface area contributed by atoms with E-state index in [4.69, 9.17) is 16.3 Å². The number of aromatic nitrogens is 1. The van der Waals surface area contributed by atoms with Crippen molar-refractivity contribution in [2.45, 2.75) is 13.0 Å². The van der Waals surface area contributed by atoms with Crippen molar-refractivity contribution in [2.75, 3.05) is 13.7 Å². The quantitative estimate of drug-likeness (QED) is 0.427. The lowest BCUT2D eigenvalue weighted by molar-refractivity contribution is -0.688. The summed E-state index contributed by atoms with van der Waals surface area (Å²) in [6, 6.07) is 23.5. The third kappa shape index (κ3) is 5.22. The highest BCUT2D eigenvalue weighted by atomic mass is 35.5. The number of ether oxygens (including phenoxy) is 1. The van der Waals surface area contributed by atoms with Gasteiger partial charge in [0.25, 0.3) is 5.91 Å². The summed E-state index contributed by atoms with van der Waals surface area (Å²) >= 11 is 6.24. The van der Waals surface area contributed by atoms with Crippen LogP contribution in [0.2, 0.25) is 5.02 Å². The predicted molar refractivity (Wildman–Crippen MR) is 124 cm³/mol. The summed E-state index contributed by atoms with van der Waals surface area (Å²) in [6.07, 6.45) is 4.85. The van der Waals surface area contributed by atoms with Gasteiger partial charge in [-0.15, -0.1) is 0 Å². The Morgan fingerprint density at radius 3 is 2.48 bits per heavy atom. The second kappa shape index (κ2) is 9.63. The fraction of sp³-hybridized carbons (Fsp3) is 0.154. The van der Waals surface area contributed by atoms with E-state index in [1.165, 1.54) is 5.56 Å². The van der Waals surface area contributed by atoms with Gasteiger partial charge in [0.05, 0.1) is 12.1 Å². The maximum atomic E-state index is 12.5. The maximum Gasteiger partial charge on any atom is 0.251 e. The number of nitrogens with one attached hydrogen (secondary N) is 1. The van der Waals surface area contributed by atoms with Crippen molar-refractivity contribution in [3.63, 3.8) is 0 Å². The van der Waals surface area contributed by atoms with E-state index in [2.05, 4.69) is 22.0 Å². The van der Waals surface area contributed by atoms with Crippen LogP contribution in [0.4, 0.5) is 0 Å². The Morgan fingerprint density at radius 2 is 1.71 bits per heavy atom. The fourth-order valence-corrected chi connectivity index (χ4v) is 3.69. The molecule has 4 nitrogen and oxygen atoms in total. The molecule has 5 heteroatoms. The van der Waals surface area contributed by atoms with E-state index in [9.17, 15) is 4.79 Å². The monoisotopic (exact) mass is 431 g/mol. The van der Waals surface area contributed by atoms with Crippen LogP contribution in [0.3, 0.4) is 0 Å². The Labute approximate surface area is 187 Å². The van der Waals surface area contributed by atoms with Crippen LogP contribution in [-0.4, -0.2) is 19.6 Å². The number of halogens is 1. The third-order valence-corrected chi connectivity index (χ3v) is 5.65. The largest absolute Gasteiger partial charge is 0.497 e. The van der Waals surface area contributed by atoms with Crippen molar-refractivity contribution in [2.24, 2.45) is 0 Å². The van der Waals surface area contributed by atoms with Crippen LogP contribution >= 0.6 is 11.6 Å². The molecule has 0 aliphatic rings. The highest BCUT2D eigenvalue weighted by molar-refractivity contribution is 6.31. The normalized spacial score (nSPS) is 10.8. The Bertz CT molecular complexity index is 1210. The molecule has 4 aromatic rings. The fourth-order valence-electron chi connectivity index (χ4n) is 3.50. The molecule has 0 atom stereocenters. The molecule has 4 rings (SSSR count). The molecule has 1 N–H and O–H groups in total. The summed E-state index contributed by atoms with van der Waals surface area (Å²) in [7, 11) is 1.65. The molecule has 1 amide bonds. The molecule has 0 unspecified atom stereocenters. The Hall–Kier alpha value is -3.37. The van der Waals surface area contributed by atoms with Gasteiger partial charge in [0.15, 0.2) is 18.9 Å². The molecular weight excluding hydrogens is 408 g/mol. The van der Waals surface area contributed by atoms with Crippen molar-refractivity contribution in [1.82, 2.24) is 5.32 Å². The molecule has 0 bridgehead atoms. The molecule has 3 aromatic carbocycles. The van der Waals surface area contributed by atoms with E-state index in [1.807, 2.05) is 73.1 Å². The van der Waals surface area contributed by atoms with Crippen molar-refractivity contribution in [3.05, 3.63) is 107 Å². The van der Waals surface area contributed by atoms with Gasteiger partial charge in [-0.25, -0.2) is 4.57 Å². The number of rotatable bonds is 7. The first-order valence-electron chi connectivity index (χ1n) is 10.2. The first-order valence-corrected chi connectivity index (χ1v) is 10.6. The average Bonchev–Trinajstić information content (AvgIpc) is 2.81. The van der Waals surface area contributed by atoms with Gasteiger partial charge in [-0.3, -0.25) is 4.79 Å². The van der Waals surface area contributed by atoms with Gasteiger partial charge in [-0.1, -0.05) is 41.9 Å². The summed E-state index contributed by atoms with van der Waals surface area (Å²) in [5.74, 6) is 0.739. The number of hydrogen-bond acceptors (Lipinski definition) is 2. The van der Waals surface area contributed by atoms with Crippen molar-refractivity contribution >= 4 is 28.3 Å². The van der Waals surface area contributed by atoms with Gasteiger partial charge in [0.2, 0.25) is 0 Å². The smallest absolute Gasteiger partial charge is 0.251 e. The van der Waals surface area contributed by atoms with Crippen LogP contribution in [0, 0.1) is 0 Å². The first-order chi connectivity index (χ1) is 15.1. The molecule has 0 fully saturated rings. The van der Waals surface area contributed by atoms with Gasteiger partial charge >= 0.3 is 0 Å². The summed E-state index contributed by atoms with van der Waals surface area (Å²) in [6.45, 7) is 1.30. The second-order valence-electron chi connectivity index (χ2n) is 7.40. The molecule has 0 saturated carbocycles. The topological polar surface area (TPSA) is 42.2 Å². The summed E-state index contributed by atoms with van der Waals surface area (Å²) in [4.78, 5) is 12.5. The number of methoxy groups -OCH3 is 1. The Kier molecular flexibility index (Phi) is 6.48. The number of fused-ring (bicyclic) bond motifs is 1. The highest BCUT2D eigenvalue weighted by Gasteiger charge is 2.09. The van der Waals surface area contributed by atoms with Crippen LogP contribution in [0.1, 0.15) is 21.5 Å². The Balaban J connectivity index is 1.32. The minimum Gasteiger partial charge on any atom is -0.497 e. The van der Waals surface area contributed by atoms with Crippen LogP contribution in [0.15, 0.2) is 85.2 Å². The highest BCUT2D eigenvalue weighted by Crippen LogP contribution is 2.22. The van der Waals surface area contributed by atoms with E-state index >= 15 is 0 Å². The minimum atomic E-state index is -0.0672. The molecule has 1 aromatic heterocycles. The van der Waals surface area contributed by atoms with Crippen LogP contribution < -0.4 is 14.6 Å². The number of hydrogen-bond donors (Lipinski definition) is 1. The van der Waals surface area contributed by atoms with Gasteiger partial charge in [-0.2, -0.15) is 0 Å². The maximum absolute atomic E-state index is 12.5. The molecule has 0 spiro atoms. The lowest BCUT2D eigenvalue weighted by Crippen LogP contribution is -2.33. The number of benzene rings is 3. The lowest BCUT2D eigenvalue weighted by Gasteiger charge is -2.07. The standard InChI is InChI=1S/C26H23ClN2O2/c1-31-24-9-8-20-16-22(7-6-21(20)17-24)26(30)28-13-10-19-11-14-29(15-12-19)18-23-4-2-3-5-25(23)27/h2-9,11-12,14-17H,10,13,18H2,1H3/p+1. The van der Waals surface area contributed by atoms with Crippen molar-refractivity contribution in [1.29, 1.82) is 0 Å². The molecule has 31 heavy (non-hydrogen) atoms. The number of amides is 1. The Morgan fingerprint density at radius 1 is 0.968 bits per heavy atom. The van der Waals surface area contributed by atoms with Crippen molar-refractivity contribution < 1.29 is 14.1 Å². The molecule has 0 aliphatic carbocycles. The third-order valence-electron chi connectivity index (χ3n) is 5.28. The van der Waals surface area contributed by atoms with E-state index < -0.39 is 0 Å². The summed E-state index contributed by atoms with van der Waals surface area (Å²) in [5.41, 5.74) is 2.91. The number of pyridine rings is 1. The molecule has 156 valence electrons. The molecule has 0 aliphatic heterocycles. The average molecular weight is 432 g/mol. The minimum absolute atomic E-state index is 0.0672. The molecule has 1 heterocycles. The SMILES string of the molecule is COc1ccc2cc(C(=O)NCCc3cc[n+](Cc4ccccc4Cl)cc3)ccc2c1. The first kappa shape index (κ1) is 20.9. The number of nitrogens with zero attached hydrogens (tertiary/aromatic N) is 1. The molecular formula is C26H24ClN2O2+. The second-order valence-corrected chi connectivity index (χ2v) is 7.81. The van der Waals surface area contributed by atoms with Gasteiger partial charge < -0.3 is 10.1 Å². The summed E-state index contributed by atoms with van der Waals surface area (Å²) < 4.78 is 7.34. The van der Waals surface area contributed by atoms with Crippen LogP contribution in [0.5, 0.6) is 5.75 Å². The zero-order valence-corrected chi connectivity index (χ0v) is 18.1.